The largest absolute Gasteiger partial charge is 0.340 e. The molecule has 0 spiro atoms. The van der Waals surface area contributed by atoms with Crippen LogP contribution in [0.1, 0.15) is 37.3 Å². The summed E-state index contributed by atoms with van der Waals surface area (Å²) in [5.74, 6) is 0.768. The van der Waals surface area contributed by atoms with Gasteiger partial charge in [-0.15, -0.1) is 0 Å². The van der Waals surface area contributed by atoms with E-state index in [-0.39, 0.29) is 0 Å². The maximum atomic E-state index is 11.2. The predicted octanol–water partition coefficient (Wildman–Crippen LogP) is 1.65. The van der Waals surface area contributed by atoms with Gasteiger partial charge in [0.15, 0.2) is 0 Å². The number of hydrogen-bond donors (Lipinski definition) is 0. The fourth-order valence-corrected chi connectivity index (χ4v) is 1.92. The quantitative estimate of drug-likeness (QED) is 0.655. The second-order valence-corrected chi connectivity index (χ2v) is 3.80. The number of aryl methyl sites for hydroxylation is 1. The van der Waals surface area contributed by atoms with Crippen LogP contribution in [0, 0.1) is 0 Å². The molecule has 3 nitrogen and oxygen atoms in total. The molecule has 3 heteroatoms. The van der Waals surface area contributed by atoms with E-state index in [4.69, 9.17) is 0 Å². The lowest BCUT2D eigenvalue weighted by Crippen LogP contribution is -2.13. The van der Waals surface area contributed by atoms with Crippen LogP contribution in [0.2, 0.25) is 0 Å². The molecule has 1 saturated carbocycles. The summed E-state index contributed by atoms with van der Waals surface area (Å²) in [7, 11) is 1.96. The average molecular weight is 178 g/mol. The number of nitrogens with zero attached hydrogens (tertiary/aromatic N) is 2. The molecule has 70 valence electrons. The van der Waals surface area contributed by atoms with Gasteiger partial charge in [-0.1, -0.05) is 0 Å². The molecule has 2 rings (SSSR count). The lowest BCUT2D eigenvalue weighted by atomic mass is 9.86. The molecule has 0 bridgehead atoms. The first-order chi connectivity index (χ1) is 6.25. The SMILES string of the molecule is Cn1cnc(C2CCCC(=O)C2)c1. The zero-order valence-corrected chi connectivity index (χ0v) is 7.86. The minimum Gasteiger partial charge on any atom is -0.340 e. The van der Waals surface area contributed by atoms with Crippen molar-refractivity contribution in [2.45, 2.75) is 31.6 Å². The molecule has 0 radical (unpaired) electrons. The van der Waals surface area contributed by atoms with Crippen LogP contribution < -0.4 is 0 Å². The molecule has 0 N–H and O–H groups in total. The summed E-state index contributed by atoms with van der Waals surface area (Å²) >= 11 is 0. The Hall–Kier alpha value is -1.12. The highest BCUT2D eigenvalue weighted by molar-refractivity contribution is 5.79. The zero-order valence-electron chi connectivity index (χ0n) is 7.86. The third kappa shape index (κ3) is 1.79. The van der Waals surface area contributed by atoms with E-state index in [1.54, 1.807) is 6.33 Å². The Morgan fingerprint density at radius 3 is 3.08 bits per heavy atom. The standard InChI is InChI=1S/C10H14N2O/c1-12-6-10(11-7-12)8-3-2-4-9(13)5-8/h6-8H,2-5H2,1H3. The van der Waals surface area contributed by atoms with Gasteiger partial charge in [0.2, 0.25) is 0 Å². The van der Waals surface area contributed by atoms with E-state index in [0.29, 0.717) is 18.1 Å². The summed E-state index contributed by atoms with van der Waals surface area (Å²) in [6, 6.07) is 0. The van der Waals surface area contributed by atoms with E-state index in [2.05, 4.69) is 4.98 Å². The highest BCUT2D eigenvalue weighted by atomic mass is 16.1. The second-order valence-electron chi connectivity index (χ2n) is 3.80. The first-order valence-electron chi connectivity index (χ1n) is 4.75. The van der Waals surface area contributed by atoms with Gasteiger partial charge in [0.05, 0.1) is 12.0 Å². The van der Waals surface area contributed by atoms with Crippen LogP contribution in [-0.4, -0.2) is 15.3 Å². The van der Waals surface area contributed by atoms with Crippen molar-refractivity contribution in [1.29, 1.82) is 0 Å². The van der Waals surface area contributed by atoms with Crippen LogP contribution >= 0.6 is 0 Å². The molecular formula is C10H14N2O. The van der Waals surface area contributed by atoms with Gasteiger partial charge >= 0.3 is 0 Å². The number of aromatic nitrogens is 2. The van der Waals surface area contributed by atoms with Crippen LogP contribution in [0.5, 0.6) is 0 Å². The van der Waals surface area contributed by atoms with E-state index in [9.17, 15) is 4.79 Å². The van der Waals surface area contributed by atoms with Crippen molar-refractivity contribution >= 4 is 5.78 Å². The molecule has 1 fully saturated rings. The molecule has 1 atom stereocenters. The number of imidazole rings is 1. The number of carbonyl (C=O) groups is 1. The lowest BCUT2D eigenvalue weighted by Gasteiger charge is -2.18. The molecule has 1 aliphatic rings. The molecule has 1 aromatic heterocycles. The number of rotatable bonds is 1. The monoisotopic (exact) mass is 178 g/mol. The van der Waals surface area contributed by atoms with Gasteiger partial charge in [-0.3, -0.25) is 4.79 Å². The molecule has 0 amide bonds. The number of Topliss-reactive ketones (excluding diaryl/α,β-unsaturated/α-hetero) is 1. The topological polar surface area (TPSA) is 34.9 Å². The molecular weight excluding hydrogens is 164 g/mol. The fraction of sp³-hybridized carbons (Fsp3) is 0.600. The Morgan fingerprint density at radius 1 is 1.62 bits per heavy atom. The third-order valence-corrected chi connectivity index (χ3v) is 2.63. The maximum absolute atomic E-state index is 11.2. The minimum atomic E-state index is 0.377. The fourth-order valence-electron chi connectivity index (χ4n) is 1.92. The maximum Gasteiger partial charge on any atom is 0.133 e. The molecule has 1 unspecified atom stereocenters. The van der Waals surface area contributed by atoms with Crippen molar-refractivity contribution in [3.63, 3.8) is 0 Å². The summed E-state index contributed by atoms with van der Waals surface area (Å²) in [6.45, 7) is 0. The Kier molecular flexibility index (Phi) is 2.17. The second kappa shape index (κ2) is 3.32. The summed E-state index contributed by atoms with van der Waals surface area (Å²) in [4.78, 5) is 15.5. The molecule has 13 heavy (non-hydrogen) atoms. The van der Waals surface area contributed by atoms with Crippen molar-refractivity contribution in [1.82, 2.24) is 9.55 Å². The smallest absolute Gasteiger partial charge is 0.133 e. The highest BCUT2D eigenvalue weighted by Crippen LogP contribution is 2.29. The highest BCUT2D eigenvalue weighted by Gasteiger charge is 2.22. The Bertz CT molecular complexity index is 316. The Labute approximate surface area is 77.8 Å². The summed E-state index contributed by atoms with van der Waals surface area (Å²) < 4.78 is 1.94. The van der Waals surface area contributed by atoms with E-state index in [0.717, 1.165) is 25.0 Å². The van der Waals surface area contributed by atoms with Gasteiger partial charge < -0.3 is 4.57 Å². The summed E-state index contributed by atoms with van der Waals surface area (Å²) in [5.41, 5.74) is 1.08. The first kappa shape index (κ1) is 8.48. The third-order valence-electron chi connectivity index (χ3n) is 2.63. The molecule has 1 aromatic rings. The van der Waals surface area contributed by atoms with Crippen molar-refractivity contribution in [3.05, 3.63) is 18.2 Å². The first-order valence-corrected chi connectivity index (χ1v) is 4.75. The van der Waals surface area contributed by atoms with Crippen molar-refractivity contribution < 1.29 is 4.79 Å². The lowest BCUT2D eigenvalue weighted by molar-refractivity contribution is -0.120. The van der Waals surface area contributed by atoms with Crippen LogP contribution in [-0.2, 0) is 11.8 Å². The molecule has 1 heterocycles. The van der Waals surface area contributed by atoms with Crippen molar-refractivity contribution in [3.8, 4) is 0 Å². The van der Waals surface area contributed by atoms with Gasteiger partial charge in [-0.05, 0) is 12.8 Å². The van der Waals surface area contributed by atoms with Crippen molar-refractivity contribution in [2.24, 2.45) is 7.05 Å². The molecule has 0 aliphatic heterocycles. The summed E-state index contributed by atoms with van der Waals surface area (Å²) in [5, 5.41) is 0. The normalized spacial score (nSPS) is 23.5. The molecule has 0 aromatic carbocycles. The van der Waals surface area contributed by atoms with Gasteiger partial charge in [-0.25, -0.2) is 4.98 Å². The van der Waals surface area contributed by atoms with Crippen LogP contribution in [0.25, 0.3) is 0 Å². The van der Waals surface area contributed by atoms with E-state index in [1.807, 2.05) is 17.8 Å². The van der Waals surface area contributed by atoms with E-state index in [1.165, 1.54) is 0 Å². The molecule has 0 saturated heterocycles. The van der Waals surface area contributed by atoms with E-state index < -0.39 is 0 Å². The predicted molar refractivity (Wildman–Crippen MR) is 49.4 cm³/mol. The summed E-state index contributed by atoms with van der Waals surface area (Å²) in [6.07, 6.45) is 7.42. The average Bonchev–Trinajstić information content (AvgIpc) is 2.52. The van der Waals surface area contributed by atoms with Gasteiger partial charge in [-0.2, -0.15) is 0 Å². The van der Waals surface area contributed by atoms with Crippen LogP contribution in [0.4, 0.5) is 0 Å². The zero-order chi connectivity index (χ0) is 9.26. The van der Waals surface area contributed by atoms with Crippen LogP contribution in [0.15, 0.2) is 12.5 Å². The van der Waals surface area contributed by atoms with Gasteiger partial charge in [0.1, 0.15) is 5.78 Å². The minimum absolute atomic E-state index is 0.377. The van der Waals surface area contributed by atoms with E-state index >= 15 is 0 Å². The number of ketones is 1. The molecule has 1 aliphatic carbocycles. The number of carbonyl (C=O) groups excluding carboxylic acids is 1. The Balaban J connectivity index is 2.12. The van der Waals surface area contributed by atoms with Gasteiger partial charge in [0.25, 0.3) is 0 Å². The van der Waals surface area contributed by atoms with Crippen molar-refractivity contribution in [2.75, 3.05) is 0 Å². The van der Waals surface area contributed by atoms with Crippen LogP contribution in [0.3, 0.4) is 0 Å². The van der Waals surface area contributed by atoms with Gasteiger partial charge in [0, 0.05) is 32.0 Å². The Morgan fingerprint density at radius 2 is 2.46 bits per heavy atom. The number of hydrogen-bond acceptors (Lipinski definition) is 2.